The van der Waals surface area contributed by atoms with Gasteiger partial charge in [-0.3, -0.25) is 4.79 Å². The first-order valence-electron chi connectivity index (χ1n) is 4.53. The van der Waals surface area contributed by atoms with Gasteiger partial charge in [0.1, 0.15) is 0 Å². The summed E-state index contributed by atoms with van der Waals surface area (Å²) in [7, 11) is 0. The highest BCUT2D eigenvalue weighted by atomic mass is 16.1. The SMILES string of the molecule is CC(=O)c1cccc(C(C)(C)C)c1. The summed E-state index contributed by atoms with van der Waals surface area (Å²) in [5, 5.41) is 0. The first-order chi connectivity index (χ1) is 5.91. The molecule has 0 radical (unpaired) electrons. The number of carbonyl (C=O) groups excluding carboxylic acids is 1. The van der Waals surface area contributed by atoms with Crippen LogP contribution in [0.1, 0.15) is 43.6 Å². The monoisotopic (exact) mass is 176 g/mol. The Balaban J connectivity index is 3.13. The zero-order valence-corrected chi connectivity index (χ0v) is 8.72. The maximum absolute atomic E-state index is 11.1. The highest BCUT2D eigenvalue weighted by molar-refractivity contribution is 5.94. The van der Waals surface area contributed by atoms with Gasteiger partial charge in [0.25, 0.3) is 0 Å². The molecule has 0 spiro atoms. The van der Waals surface area contributed by atoms with E-state index in [1.165, 1.54) is 5.56 Å². The minimum Gasteiger partial charge on any atom is -0.295 e. The van der Waals surface area contributed by atoms with E-state index in [9.17, 15) is 4.79 Å². The van der Waals surface area contributed by atoms with Crippen molar-refractivity contribution in [2.24, 2.45) is 0 Å². The van der Waals surface area contributed by atoms with Crippen molar-refractivity contribution in [3.63, 3.8) is 0 Å². The van der Waals surface area contributed by atoms with Crippen LogP contribution in [-0.4, -0.2) is 5.78 Å². The molecule has 13 heavy (non-hydrogen) atoms. The van der Waals surface area contributed by atoms with Gasteiger partial charge in [-0.1, -0.05) is 39.0 Å². The molecule has 0 aliphatic rings. The molecular weight excluding hydrogens is 160 g/mol. The topological polar surface area (TPSA) is 17.1 Å². The molecule has 0 amide bonds. The number of benzene rings is 1. The molecule has 0 saturated carbocycles. The maximum Gasteiger partial charge on any atom is 0.159 e. The van der Waals surface area contributed by atoms with Gasteiger partial charge in [-0.2, -0.15) is 0 Å². The highest BCUT2D eigenvalue weighted by Crippen LogP contribution is 2.22. The van der Waals surface area contributed by atoms with Crippen molar-refractivity contribution in [3.8, 4) is 0 Å². The zero-order valence-electron chi connectivity index (χ0n) is 8.72. The maximum atomic E-state index is 11.1. The average molecular weight is 176 g/mol. The van der Waals surface area contributed by atoms with E-state index < -0.39 is 0 Å². The molecule has 0 aliphatic heterocycles. The molecule has 0 aromatic heterocycles. The van der Waals surface area contributed by atoms with Crippen molar-refractivity contribution in [3.05, 3.63) is 35.4 Å². The summed E-state index contributed by atoms with van der Waals surface area (Å²) in [6.07, 6.45) is 0. The van der Waals surface area contributed by atoms with Gasteiger partial charge in [-0.25, -0.2) is 0 Å². The Morgan fingerprint density at radius 1 is 1.23 bits per heavy atom. The molecule has 0 bridgehead atoms. The first-order valence-corrected chi connectivity index (χ1v) is 4.53. The van der Waals surface area contributed by atoms with Crippen LogP contribution in [-0.2, 0) is 5.41 Å². The van der Waals surface area contributed by atoms with Crippen LogP contribution >= 0.6 is 0 Å². The van der Waals surface area contributed by atoms with E-state index >= 15 is 0 Å². The van der Waals surface area contributed by atoms with Gasteiger partial charge in [0.15, 0.2) is 5.78 Å². The number of Topliss-reactive ketones (excluding diaryl/α,β-unsaturated/α-hetero) is 1. The molecule has 0 atom stereocenters. The molecule has 1 aromatic rings. The van der Waals surface area contributed by atoms with E-state index in [-0.39, 0.29) is 11.2 Å². The molecule has 1 rings (SSSR count). The number of hydrogen-bond acceptors (Lipinski definition) is 1. The second-order valence-corrected chi connectivity index (χ2v) is 4.39. The standard InChI is InChI=1S/C12H16O/c1-9(13)10-6-5-7-11(8-10)12(2,3)4/h5-8H,1-4H3. The Morgan fingerprint density at radius 3 is 2.31 bits per heavy atom. The van der Waals surface area contributed by atoms with Crippen LogP contribution in [0.15, 0.2) is 24.3 Å². The van der Waals surface area contributed by atoms with Crippen molar-refractivity contribution >= 4 is 5.78 Å². The van der Waals surface area contributed by atoms with E-state index in [1.807, 2.05) is 18.2 Å². The fourth-order valence-corrected chi connectivity index (χ4v) is 1.20. The van der Waals surface area contributed by atoms with Gasteiger partial charge < -0.3 is 0 Å². The van der Waals surface area contributed by atoms with Crippen molar-refractivity contribution in [2.75, 3.05) is 0 Å². The van der Waals surface area contributed by atoms with Crippen molar-refractivity contribution in [1.82, 2.24) is 0 Å². The third-order valence-electron chi connectivity index (χ3n) is 2.14. The second kappa shape index (κ2) is 3.33. The lowest BCUT2D eigenvalue weighted by Crippen LogP contribution is -2.11. The Bertz CT molecular complexity index is 318. The molecule has 0 N–H and O–H groups in total. The predicted molar refractivity (Wildman–Crippen MR) is 55.1 cm³/mol. The molecule has 0 aliphatic carbocycles. The lowest BCUT2D eigenvalue weighted by Gasteiger charge is -2.19. The summed E-state index contributed by atoms with van der Waals surface area (Å²) in [5.41, 5.74) is 2.12. The van der Waals surface area contributed by atoms with Crippen LogP contribution in [0, 0.1) is 0 Å². The summed E-state index contributed by atoms with van der Waals surface area (Å²) >= 11 is 0. The van der Waals surface area contributed by atoms with E-state index in [0.29, 0.717) is 0 Å². The molecule has 1 aromatic carbocycles. The van der Waals surface area contributed by atoms with Gasteiger partial charge in [0.2, 0.25) is 0 Å². The Hall–Kier alpha value is -1.11. The fraction of sp³-hybridized carbons (Fsp3) is 0.417. The number of rotatable bonds is 1. The summed E-state index contributed by atoms with van der Waals surface area (Å²) in [4.78, 5) is 11.1. The van der Waals surface area contributed by atoms with E-state index in [0.717, 1.165) is 5.56 Å². The quantitative estimate of drug-likeness (QED) is 0.600. The second-order valence-electron chi connectivity index (χ2n) is 4.39. The number of ketones is 1. The Kier molecular flexibility index (Phi) is 2.55. The lowest BCUT2D eigenvalue weighted by molar-refractivity contribution is 0.101. The molecule has 1 nitrogen and oxygen atoms in total. The van der Waals surface area contributed by atoms with Crippen LogP contribution < -0.4 is 0 Å². The van der Waals surface area contributed by atoms with Crippen LogP contribution in [0.2, 0.25) is 0 Å². The number of hydrogen-bond donors (Lipinski definition) is 0. The first kappa shape index (κ1) is 9.97. The molecular formula is C12H16O. The normalized spacial score (nSPS) is 11.4. The average Bonchev–Trinajstić information content (AvgIpc) is 2.03. The highest BCUT2D eigenvalue weighted by Gasteiger charge is 2.14. The van der Waals surface area contributed by atoms with Gasteiger partial charge in [0.05, 0.1) is 0 Å². The Morgan fingerprint density at radius 2 is 1.85 bits per heavy atom. The largest absolute Gasteiger partial charge is 0.295 e. The lowest BCUT2D eigenvalue weighted by atomic mass is 9.86. The summed E-state index contributed by atoms with van der Waals surface area (Å²) in [6, 6.07) is 7.84. The predicted octanol–water partition coefficient (Wildman–Crippen LogP) is 3.19. The molecule has 70 valence electrons. The van der Waals surface area contributed by atoms with Gasteiger partial charge >= 0.3 is 0 Å². The van der Waals surface area contributed by atoms with E-state index in [2.05, 4.69) is 26.8 Å². The Labute approximate surface area is 79.8 Å². The van der Waals surface area contributed by atoms with Crippen molar-refractivity contribution in [2.45, 2.75) is 33.1 Å². The molecule has 1 heteroatoms. The van der Waals surface area contributed by atoms with Crippen LogP contribution in [0.5, 0.6) is 0 Å². The van der Waals surface area contributed by atoms with Crippen LogP contribution in [0.3, 0.4) is 0 Å². The minimum atomic E-state index is 0.117. The summed E-state index contributed by atoms with van der Waals surface area (Å²) < 4.78 is 0. The van der Waals surface area contributed by atoms with E-state index in [1.54, 1.807) is 6.92 Å². The smallest absolute Gasteiger partial charge is 0.159 e. The van der Waals surface area contributed by atoms with Crippen LogP contribution in [0.4, 0.5) is 0 Å². The number of carbonyl (C=O) groups is 1. The third kappa shape index (κ3) is 2.41. The third-order valence-corrected chi connectivity index (χ3v) is 2.14. The van der Waals surface area contributed by atoms with E-state index in [4.69, 9.17) is 0 Å². The molecule has 0 unspecified atom stereocenters. The molecule has 0 saturated heterocycles. The minimum absolute atomic E-state index is 0.117. The fourth-order valence-electron chi connectivity index (χ4n) is 1.20. The summed E-state index contributed by atoms with van der Waals surface area (Å²) in [6.45, 7) is 8.03. The summed E-state index contributed by atoms with van der Waals surface area (Å²) in [5.74, 6) is 0.131. The van der Waals surface area contributed by atoms with Crippen molar-refractivity contribution in [1.29, 1.82) is 0 Å². The molecule has 0 fully saturated rings. The zero-order chi connectivity index (χ0) is 10.1. The molecule has 0 heterocycles. The van der Waals surface area contributed by atoms with Gasteiger partial charge in [-0.15, -0.1) is 0 Å². The van der Waals surface area contributed by atoms with Gasteiger partial charge in [-0.05, 0) is 24.0 Å². The van der Waals surface area contributed by atoms with Crippen LogP contribution in [0.25, 0.3) is 0 Å². The van der Waals surface area contributed by atoms with Gasteiger partial charge in [0, 0.05) is 5.56 Å². The van der Waals surface area contributed by atoms with Crippen molar-refractivity contribution < 1.29 is 4.79 Å².